The molecule has 0 aliphatic carbocycles. The molecular formula is C12H19NO2. The molecule has 1 amide bonds. The Balaban J connectivity index is 0.000000921. The van der Waals surface area contributed by atoms with Gasteiger partial charge in [-0.25, -0.2) is 4.79 Å². The van der Waals surface area contributed by atoms with Crippen LogP contribution >= 0.6 is 0 Å². The molecule has 0 saturated heterocycles. The van der Waals surface area contributed by atoms with Gasteiger partial charge in [-0.3, -0.25) is 0 Å². The van der Waals surface area contributed by atoms with E-state index in [1.807, 2.05) is 45.0 Å². The number of carbonyl (C=O) groups is 1. The second kappa shape index (κ2) is 7.85. The highest BCUT2D eigenvalue weighted by Gasteiger charge is 1.98. The summed E-state index contributed by atoms with van der Waals surface area (Å²) in [6, 6.07) is 7.86. The highest BCUT2D eigenvalue weighted by atomic mass is 16.5. The van der Waals surface area contributed by atoms with Crippen LogP contribution in [0.2, 0.25) is 0 Å². The first-order valence-corrected chi connectivity index (χ1v) is 5.12. The van der Waals surface area contributed by atoms with Crippen molar-refractivity contribution in [2.75, 3.05) is 7.05 Å². The van der Waals surface area contributed by atoms with Crippen molar-refractivity contribution >= 4 is 6.09 Å². The molecule has 1 rings (SSSR count). The van der Waals surface area contributed by atoms with Crippen LogP contribution in [0.3, 0.4) is 0 Å². The van der Waals surface area contributed by atoms with Crippen molar-refractivity contribution in [3.63, 3.8) is 0 Å². The molecular weight excluding hydrogens is 190 g/mol. The Morgan fingerprint density at radius 2 is 2.07 bits per heavy atom. The predicted molar refractivity (Wildman–Crippen MR) is 61.8 cm³/mol. The molecule has 1 aromatic rings. The molecule has 84 valence electrons. The van der Waals surface area contributed by atoms with Crippen LogP contribution in [0, 0.1) is 6.92 Å². The Labute approximate surface area is 91.5 Å². The molecule has 0 spiro atoms. The smallest absolute Gasteiger partial charge is 0.407 e. The van der Waals surface area contributed by atoms with E-state index in [-0.39, 0.29) is 0 Å². The van der Waals surface area contributed by atoms with Crippen molar-refractivity contribution in [2.45, 2.75) is 27.4 Å². The minimum absolute atomic E-state index is 0.321. The Morgan fingerprint density at radius 3 is 2.60 bits per heavy atom. The zero-order valence-corrected chi connectivity index (χ0v) is 9.83. The van der Waals surface area contributed by atoms with E-state index in [1.165, 1.54) is 0 Å². The second-order valence-electron chi connectivity index (χ2n) is 2.82. The van der Waals surface area contributed by atoms with Crippen molar-refractivity contribution < 1.29 is 9.53 Å². The van der Waals surface area contributed by atoms with E-state index in [9.17, 15) is 4.79 Å². The molecule has 0 unspecified atom stereocenters. The Morgan fingerprint density at radius 1 is 1.40 bits per heavy atom. The van der Waals surface area contributed by atoms with Crippen LogP contribution in [0.4, 0.5) is 4.79 Å². The number of nitrogens with one attached hydrogen (secondary N) is 1. The number of hydrogen-bond acceptors (Lipinski definition) is 2. The summed E-state index contributed by atoms with van der Waals surface area (Å²) in [5.74, 6) is 0. The number of benzene rings is 1. The van der Waals surface area contributed by atoms with Gasteiger partial charge in [0.25, 0.3) is 0 Å². The lowest BCUT2D eigenvalue weighted by atomic mass is 10.1. The van der Waals surface area contributed by atoms with Gasteiger partial charge in [0.2, 0.25) is 0 Å². The van der Waals surface area contributed by atoms with E-state index in [0.717, 1.165) is 11.1 Å². The Bertz CT molecular complexity index is 297. The van der Waals surface area contributed by atoms with E-state index in [4.69, 9.17) is 4.74 Å². The van der Waals surface area contributed by atoms with Gasteiger partial charge in [0.15, 0.2) is 0 Å². The lowest BCUT2D eigenvalue weighted by Crippen LogP contribution is -2.18. The molecule has 0 saturated carbocycles. The van der Waals surface area contributed by atoms with Gasteiger partial charge in [0, 0.05) is 7.05 Å². The van der Waals surface area contributed by atoms with Crippen LogP contribution in [0.15, 0.2) is 24.3 Å². The molecule has 3 nitrogen and oxygen atoms in total. The number of aryl methyl sites for hydroxylation is 1. The van der Waals surface area contributed by atoms with Gasteiger partial charge in [-0.1, -0.05) is 43.7 Å². The lowest BCUT2D eigenvalue weighted by molar-refractivity contribution is 0.142. The minimum atomic E-state index is -0.401. The van der Waals surface area contributed by atoms with Crippen LogP contribution in [-0.2, 0) is 11.3 Å². The van der Waals surface area contributed by atoms with Crippen molar-refractivity contribution in [3.05, 3.63) is 35.4 Å². The lowest BCUT2D eigenvalue weighted by Gasteiger charge is -2.04. The monoisotopic (exact) mass is 209 g/mol. The first-order chi connectivity index (χ1) is 7.22. The summed E-state index contributed by atoms with van der Waals surface area (Å²) >= 11 is 0. The summed E-state index contributed by atoms with van der Waals surface area (Å²) in [6.45, 7) is 6.32. The van der Waals surface area contributed by atoms with Crippen molar-refractivity contribution in [1.29, 1.82) is 0 Å². The van der Waals surface area contributed by atoms with Crippen LogP contribution in [-0.4, -0.2) is 13.1 Å². The fourth-order valence-corrected chi connectivity index (χ4v) is 1.02. The normalized spacial score (nSPS) is 8.53. The Kier molecular flexibility index (Phi) is 7.06. The van der Waals surface area contributed by atoms with Gasteiger partial charge >= 0.3 is 6.09 Å². The molecule has 0 heterocycles. The molecule has 0 aliphatic rings. The highest BCUT2D eigenvalue weighted by Crippen LogP contribution is 2.04. The third kappa shape index (κ3) is 5.73. The first-order valence-electron chi connectivity index (χ1n) is 5.12. The van der Waals surface area contributed by atoms with Crippen molar-refractivity contribution in [3.8, 4) is 0 Å². The SMILES string of the molecule is CC.CNC(=O)OCc1cccc(C)c1. The van der Waals surface area contributed by atoms with Crippen LogP contribution in [0.5, 0.6) is 0 Å². The third-order valence-electron chi connectivity index (χ3n) is 1.66. The van der Waals surface area contributed by atoms with Crippen molar-refractivity contribution in [1.82, 2.24) is 5.32 Å². The average molecular weight is 209 g/mol. The van der Waals surface area contributed by atoms with Crippen molar-refractivity contribution in [2.24, 2.45) is 0 Å². The third-order valence-corrected chi connectivity index (χ3v) is 1.66. The summed E-state index contributed by atoms with van der Waals surface area (Å²) in [5.41, 5.74) is 2.17. The fraction of sp³-hybridized carbons (Fsp3) is 0.417. The minimum Gasteiger partial charge on any atom is -0.445 e. The van der Waals surface area contributed by atoms with Gasteiger partial charge in [-0.05, 0) is 12.5 Å². The highest BCUT2D eigenvalue weighted by molar-refractivity contribution is 5.66. The maximum atomic E-state index is 10.7. The molecule has 0 radical (unpaired) electrons. The molecule has 1 N–H and O–H groups in total. The van der Waals surface area contributed by atoms with E-state index < -0.39 is 6.09 Å². The molecule has 1 aromatic carbocycles. The molecule has 0 atom stereocenters. The maximum absolute atomic E-state index is 10.7. The predicted octanol–water partition coefficient (Wildman–Crippen LogP) is 2.88. The molecule has 3 heteroatoms. The first kappa shape index (κ1) is 13.5. The summed E-state index contributed by atoms with van der Waals surface area (Å²) in [5, 5.41) is 2.39. The van der Waals surface area contributed by atoms with Gasteiger partial charge < -0.3 is 10.1 Å². The molecule has 0 fully saturated rings. The molecule has 0 bridgehead atoms. The number of carbonyl (C=O) groups excluding carboxylic acids is 1. The van der Waals surface area contributed by atoms with E-state index in [1.54, 1.807) is 7.05 Å². The summed E-state index contributed by atoms with van der Waals surface area (Å²) in [7, 11) is 1.54. The maximum Gasteiger partial charge on any atom is 0.407 e. The molecule has 0 aromatic heterocycles. The van der Waals surface area contributed by atoms with Gasteiger partial charge in [0.05, 0.1) is 0 Å². The summed E-state index contributed by atoms with van der Waals surface area (Å²) in [6.07, 6.45) is -0.401. The Hall–Kier alpha value is -1.51. The van der Waals surface area contributed by atoms with Crippen LogP contribution < -0.4 is 5.32 Å². The standard InChI is InChI=1S/C10H13NO2.C2H6/c1-8-4-3-5-9(6-8)7-13-10(12)11-2;1-2/h3-6H,7H2,1-2H3,(H,11,12);1-2H3. The quantitative estimate of drug-likeness (QED) is 0.813. The zero-order valence-electron chi connectivity index (χ0n) is 9.83. The number of amides is 1. The number of alkyl carbamates (subject to hydrolysis) is 1. The largest absolute Gasteiger partial charge is 0.445 e. The fourth-order valence-electron chi connectivity index (χ4n) is 1.02. The number of ether oxygens (including phenoxy) is 1. The molecule has 15 heavy (non-hydrogen) atoms. The molecule has 0 aliphatic heterocycles. The summed E-state index contributed by atoms with van der Waals surface area (Å²) in [4.78, 5) is 10.7. The van der Waals surface area contributed by atoms with Crippen LogP contribution in [0.1, 0.15) is 25.0 Å². The summed E-state index contributed by atoms with van der Waals surface area (Å²) < 4.78 is 4.88. The van der Waals surface area contributed by atoms with E-state index >= 15 is 0 Å². The van der Waals surface area contributed by atoms with Gasteiger partial charge in [0.1, 0.15) is 6.61 Å². The topological polar surface area (TPSA) is 38.3 Å². The zero-order chi connectivity index (χ0) is 11.7. The van der Waals surface area contributed by atoms with Gasteiger partial charge in [-0.2, -0.15) is 0 Å². The second-order valence-corrected chi connectivity index (χ2v) is 2.82. The number of rotatable bonds is 2. The van der Waals surface area contributed by atoms with Gasteiger partial charge in [-0.15, -0.1) is 0 Å². The average Bonchev–Trinajstić information content (AvgIpc) is 2.29. The van der Waals surface area contributed by atoms with E-state index in [2.05, 4.69) is 5.32 Å². The number of hydrogen-bond donors (Lipinski definition) is 1. The van der Waals surface area contributed by atoms with Crippen LogP contribution in [0.25, 0.3) is 0 Å². The van der Waals surface area contributed by atoms with E-state index in [0.29, 0.717) is 6.61 Å².